The van der Waals surface area contributed by atoms with Crippen molar-refractivity contribution in [2.45, 2.75) is 0 Å². The van der Waals surface area contributed by atoms with Crippen LogP contribution in [0.4, 0.5) is 5.69 Å². The van der Waals surface area contributed by atoms with E-state index < -0.39 is 0 Å². The number of amides is 1. The number of nitrogens with zero attached hydrogens (tertiary/aromatic N) is 1. The fraction of sp³-hybridized carbons (Fsp3) is 0.0667. The number of benzene rings is 2. The minimum atomic E-state index is -0.360. The lowest BCUT2D eigenvalue weighted by atomic mass is 10.2. The molecule has 0 saturated heterocycles. The van der Waals surface area contributed by atoms with E-state index in [1.165, 1.54) is 0 Å². The first kappa shape index (κ1) is 15.2. The zero-order valence-electron chi connectivity index (χ0n) is 10.8. The van der Waals surface area contributed by atoms with Crippen LogP contribution in [0.15, 0.2) is 42.5 Å². The molecule has 2 aromatic carbocycles. The maximum Gasteiger partial charge on any atom is 0.262 e. The van der Waals surface area contributed by atoms with Crippen LogP contribution in [0.3, 0.4) is 0 Å². The number of rotatable bonds is 4. The van der Waals surface area contributed by atoms with E-state index in [0.717, 1.165) is 0 Å². The van der Waals surface area contributed by atoms with E-state index in [2.05, 4.69) is 5.32 Å². The molecule has 0 aliphatic carbocycles. The molecule has 0 fully saturated rings. The molecule has 1 amide bonds. The van der Waals surface area contributed by atoms with Crippen LogP contribution >= 0.6 is 23.2 Å². The second-order valence-corrected chi connectivity index (χ2v) is 4.92. The highest BCUT2D eigenvalue weighted by Gasteiger charge is 2.10. The number of nitriles is 1. The van der Waals surface area contributed by atoms with Crippen LogP contribution in [-0.4, -0.2) is 12.5 Å². The second-order valence-electron chi connectivity index (χ2n) is 4.07. The number of ether oxygens (including phenoxy) is 1. The van der Waals surface area contributed by atoms with Crippen molar-refractivity contribution in [2.75, 3.05) is 11.9 Å². The predicted octanol–water partition coefficient (Wildman–Crippen LogP) is 3.88. The molecule has 0 aromatic heterocycles. The maximum absolute atomic E-state index is 11.8. The zero-order chi connectivity index (χ0) is 15.2. The summed E-state index contributed by atoms with van der Waals surface area (Å²) >= 11 is 11.7. The fourth-order valence-corrected chi connectivity index (χ4v) is 2.04. The summed E-state index contributed by atoms with van der Waals surface area (Å²) in [4.78, 5) is 11.8. The Balaban J connectivity index is 1.99. The molecule has 0 spiro atoms. The molecular formula is C15H10Cl2N2O2. The summed E-state index contributed by atoms with van der Waals surface area (Å²) in [5, 5.41) is 12.4. The van der Waals surface area contributed by atoms with Crippen LogP contribution in [0.25, 0.3) is 0 Å². The smallest absolute Gasteiger partial charge is 0.262 e. The van der Waals surface area contributed by atoms with Gasteiger partial charge in [0.1, 0.15) is 17.4 Å². The average Bonchev–Trinajstić information content (AvgIpc) is 2.45. The summed E-state index contributed by atoms with van der Waals surface area (Å²) in [6.07, 6.45) is 0. The zero-order valence-corrected chi connectivity index (χ0v) is 12.3. The third-order valence-electron chi connectivity index (χ3n) is 2.55. The van der Waals surface area contributed by atoms with Gasteiger partial charge >= 0.3 is 0 Å². The van der Waals surface area contributed by atoms with Gasteiger partial charge in [0.25, 0.3) is 5.91 Å². The Kier molecular flexibility index (Phi) is 5.04. The number of carbonyl (C=O) groups is 1. The molecule has 2 rings (SSSR count). The molecule has 0 saturated carbocycles. The molecule has 106 valence electrons. The lowest BCUT2D eigenvalue weighted by molar-refractivity contribution is -0.118. The van der Waals surface area contributed by atoms with Gasteiger partial charge in [-0.15, -0.1) is 0 Å². The molecule has 0 aliphatic heterocycles. The standard InChI is InChI=1S/C15H10Cl2N2O2/c16-10-3-1-4-11(7-10)19-15(20)9-21-14-6-2-5-13(17)12(14)8-18/h1-7H,9H2,(H,19,20). The largest absolute Gasteiger partial charge is 0.482 e. The summed E-state index contributed by atoms with van der Waals surface area (Å²) < 4.78 is 5.32. The van der Waals surface area contributed by atoms with E-state index >= 15 is 0 Å². The number of nitrogens with one attached hydrogen (secondary N) is 1. The van der Waals surface area contributed by atoms with Gasteiger partial charge in [0.05, 0.1) is 5.02 Å². The molecule has 0 radical (unpaired) electrons. The van der Waals surface area contributed by atoms with E-state index in [1.807, 2.05) is 6.07 Å². The van der Waals surface area contributed by atoms with E-state index in [-0.39, 0.29) is 28.8 Å². The average molecular weight is 321 g/mol. The van der Waals surface area contributed by atoms with Crippen LogP contribution in [0.1, 0.15) is 5.56 Å². The highest BCUT2D eigenvalue weighted by atomic mass is 35.5. The van der Waals surface area contributed by atoms with Gasteiger partial charge in [-0.1, -0.05) is 35.3 Å². The molecule has 0 heterocycles. The number of halogens is 2. The Labute approximate surface area is 131 Å². The number of hydrogen-bond acceptors (Lipinski definition) is 3. The quantitative estimate of drug-likeness (QED) is 0.929. The van der Waals surface area contributed by atoms with E-state index in [1.54, 1.807) is 42.5 Å². The molecule has 0 unspecified atom stereocenters. The Bertz CT molecular complexity index is 711. The number of anilines is 1. The van der Waals surface area contributed by atoms with Crippen molar-refractivity contribution in [3.05, 3.63) is 58.1 Å². The highest BCUT2D eigenvalue weighted by molar-refractivity contribution is 6.32. The Hall–Kier alpha value is -2.22. The first-order valence-corrected chi connectivity index (χ1v) is 6.72. The van der Waals surface area contributed by atoms with Gasteiger partial charge in [-0.25, -0.2) is 0 Å². The number of carbonyl (C=O) groups excluding carboxylic acids is 1. The second kappa shape index (κ2) is 6.98. The fourth-order valence-electron chi connectivity index (χ4n) is 1.64. The van der Waals surface area contributed by atoms with Gasteiger partial charge in [0.2, 0.25) is 0 Å². The van der Waals surface area contributed by atoms with Crippen molar-refractivity contribution in [1.82, 2.24) is 0 Å². The van der Waals surface area contributed by atoms with Gasteiger partial charge in [-0.05, 0) is 30.3 Å². The van der Waals surface area contributed by atoms with Crippen molar-refractivity contribution >= 4 is 34.8 Å². The highest BCUT2D eigenvalue weighted by Crippen LogP contribution is 2.25. The normalized spacial score (nSPS) is 9.76. The lowest BCUT2D eigenvalue weighted by Gasteiger charge is -2.09. The Morgan fingerprint density at radius 2 is 2.00 bits per heavy atom. The summed E-state index contributed by atoms with van der Waals surface area (Å²) in [5.41, 5.74) is 0.775. The van der Waals surface area contributed by atoms with Gasteiger partial charge < -0.3 is 10.1 Å². The SMILES string of the molecule is N#Cc1c(Cl)cccc1OCC(=O)Nc1cccc(Cl)c1. The molecule has 0 atom stereocenters. The van der Waals surface area contributed by atoms with Gasteiger partial charge in [0, 0.05) is 10.7 Å². The molecule has 0 aliphatic rings. The minimum Gasteiger partial charge on any atom is -0.482 e. The molecule has 0 bridgehead atoms. The Morgan fingerprint density at radius 3 is 2.71 bits per heavy atom. The monoisotopic (exact) mass is 320 g/mol. The maximum atomic E-state index is 11.8. The van der Waals surface area contributed by atoms with Crippen molar-refractivity contribution in [3.63, 3.8) is 0 Å². The summed E-state index contributed by atoms with van der Waals surface area (Å²) in [6.45, 7) is -0.235. The first-order chi connectivity index (χ1) is 10.1. The molecule has 2 aromatic rings. The van der Waals surface area contributed by atoms with Crippen LogP contribution in [-0.2, 0) is 4.79 Å². The molecule has 21 heavy (non-hydrogen) atoms. The van der Waals surface area contributed by atoms with Gasteiger partial charge in [-0.3, -0.25) is 4.79 Å². The lowest BCUT2D eigenvalue weighted by Crippen LogP contribution is -2.20. The molecule has 6 heteroatoms. The Morgan fingerprint density at radius 1 is 1.24 bits per heavy atom. The van der Waals surface area contributed by atoms with E-state index in [9.17, 15) is 4.79 Å². The van der Waals surface area contributed by atoms with Crippen LogP contribution in [0.5, 0.6) is 5.75 Å². The van der Waals surface area contributed by atoms with Crippen molar-refractivity contribution in [2.24, 2.45) is 0 Å². The molecular weight excluding hydrogens is 311 g/mol. The van der Waals surface area contributed by atoms with Crippen LogP contribution < -0.4 is 10.1 Å². The van der Waals surface area contributed by atoms with Crippen LogP contribution in [0.2, 0.25) is 10.0 Å². The molecule has 4 nitrogen and oxygen atoms in total. The van der Waals surface area contributed by atoms with Gasteiger partial charge in [0.15, 0.2) is 6.61 Å². The predicted molar refractivity (Wildman–Crippen MR) is 81.7 cm³/mol. The van der Waals surface area contributed by atoms with Gasteiger partial charge in [-0.2, -0.15) is 5.26 Å². The van der Waals surface area contributed by atoms with Crippen molar-refractivity contribution < 1.29 is 9.53 Å². The summed E-state index contributed by atoms with van der Waals surface area (Å²) in [6, 6.07) is 13.5. The third kappa shape index (κ3) is 4.12. The van der Waals surface area contributed by atoms with Crippen molar-refractivity contribution in [3.8, 4) is 11.8 Å². The topological polar surface area (TPSA) is 62.1 Å². The van der Waals surface area contributed by atoms with E-state index in [4.69, 9.17) is 33.2 Å². The number of hydrogen-bond donors (Lipinski definition) is 1. The third-order valence-corrected chi connectivity index (χ3v) is 3.10. The van der Waals surface area contributed by atoms with Crippen molar-refractivity contribution in [1.29, 1.82) is 5.26 Å². The van der Waals surface area contributed by atoms with Crippen LogP contribution in [0, 0.1) is 11.3 Å². The summed E-state index contributed by atoms with van der Waals surface area (Å²) in [5.74, 6) is -0.0904. The first-order valence-electron chi connectivity index (χ1n) is 5.97. The summed E-state index contributed by atoms with van der Waals surface area (Å²) in [7, 11) is 0. The van der Waals surface area contributed by atoms with E-state index in [0.29, 0.717) is 10.7 Å². The minimum absolute atomic E-state index is 0.203. The molecule has 1 N–H and O–H groups in total.